The lowest BCUT2D eigenvalue weighted by atomic mass is 10.2. The molecule has 3 N–H and O–H groups in total. The van der Waals surface area contributed by atoms with E-state index in [9.17, 15) is 0 Å². The van der Waals surface area contributed by atoms with E-state index < -0.39 is 0 Å². The molecule has 0 aliphatic rings. The van der Waals surface area contributed by atoms with Crippen molar-refractivity contribution in [2.75, 3.05) is 5.32 Å². The van der Waals surface area contributed by atoms with Crippen LogP contribution in [-0.4, -0.2) is 4.99 Å². The third-order valence-corrected chi connectivity index (χ3v) is 4.18. The van der Waals surface area contributed by atoms with E-state index in [4.69, 9.17) is 18.0 Å². The Morgan fingerprint density at radius 2 is 2.18 bits per heavy atom. The zero-order valence-corrected chi connectivity index (χ0v) is 12.2. The van der Waals surface area contributed by atoms with E-state index in [2.05, 4.69) is 32.7 Å². The Labute approximate surface area is 118 Å². The van der Waals surface area contributed by atoms with E-state index in [1.807, 2.05) is 24.3 Å². The molecule has 17 heavy (non-hydrogen) atoms. The highest BCUT2D eigenvalue weighted by Gasteiger charge is 2.04. The smallest absolute Gasteiger partial charge is 0.106 e. The second-order valence-corrected chi connectivity index (χ2v) is 5.85. The van der Waals surface area contributed by atoms with Gasteiger partial charge in [-0.2, -0.15) is 0 Å². The van der Waals surface area contributed by atoms with E-state index in [0.717, 1.165) is 22.3 Å². The zero-order valence-electron chi connectivity index (χ0n) is 8.94. The lowest BCUT2D eigenvalue weighted by Gasteiger charge is -2.09. The molecule has 1 heterocycles. The van der Waals surface area contributed by atoms with Gasteiger partial charge in [0, 0.05) is 32.5 Å². The fourth-order valence-corrected chi connectivity index (χ4v) is 3.05. The van der Waals surface area contributed by atoms with E-state index in [1.165, 1.54) is 4.88 Å². The zero-order chi connectivity index (χ0) is 12.3. The van der Waals surface area contributed by atoms with Crippen molar-refractivity contribution < 1.29 is 0 Å². The van der Waals surface area contributed by atoms with Crippen LogP contribution in [0.25, 0.3) is 0 Å². The average molecular weight is 327 g/mol. The van der Waals surface area contributed by atoms with E-state index in [1.54, 1.807) is 11.3 Å². The van der Waals surface area contributed by atoms with Gasteiger partial charge in [0.05, 0.1) is 0 Å². The molecule has 88 valence electrons. The number of thiophene rings is 1. The lowest BCUT2D eigenvalue weighted by Crippen LogP contribution is -2.12. The number of benzene rings is 1. The third-order valence-electron chi connectivity index (χ3n) is 2.27. The molecule has 0 spiro atoms. The van der Waals surface area contributed by atoms with Gasteiger partial charge in [0.1, 0.15) is 4.99 Å². The summed E-state index contributed by atoms with van der Waals surface area (Å²) in [4.78, 5) is 1.68. The molecule has 1 aromatic heterocycles. The van der Waals surface area contributed by atoms with Crippen molar-refractivity contribution in [3.05, 3.63) is 50.6 Å². The molecule has 0 saturated heterocycles. The summed E-state index contributed by atoms with van der Waals surface area (Å²) in [5.41, 5.74) is 7.54. The fraction of sp³-hybridized carbons (Fsp3) is 0.0833. The van der Waals surface area contributed by atoms with Gasteiger partial charge in [-0.3, -0.25) is 0 Å². The maximum atomic E-state index is 5.67. The Hall–Kier alpha value is -0.910. The van der Waals surface area contributed by atoms with Crippen molar-refractivity contribution in [3.8, 4) is 0 Å². The Bertz CT molecular complexity index is 537. The van der Waals surface area contributed by atoms with Crippen molar-refractivity contribution in [1.29, 1.82) is 0 Å². The van der Waals surface area contributed by atoms with Crippen LogP contribution in [-0.2, 0) is 6.54 Å². The first-order valence-corrected chi connectivity index (χ1v) is 7.10. The van der Waals surface area contributed by atoms with Crippen LogP contribution in [0.3, 0.4) is 0 Å². The van der Waals surface area contributed by atoms with Crippen LogP contribution < -0.4 is 11.1 Å². The Kier molecular flexibility index (Phi) is 4.15. The van der Waals surface area contributed by atoms with Gasteiger partial charge in [-0.05, 0) is 34.1 Å². The largest absolute Gasteiger partial charge is 0.389 e. The standard InChI is InChI=1S/C12H11BrN2S2/c13-8-5-9(17-7-8)6-15-11-4-2-1-3-10(11)12(14)16/h1-5,7,15H,6H2,(H2,14,16). The van der Waals surface area contributed by atoms with E-state index in [-0.39, 0.29) is 0 Å². The van der Waals surface area contributed by atoms with Crippen LogP contribution in [0.15, 0.2) is 40.2 Å². The predicted molar refractivity (Wildman–Crippen MR) is 81.7 cm³/mol. The monoisotopic (exact) mass is 326 g/mol. The fourth-order valence-electron chi connectivity index (χ4n) is 1.48. The molecule has 0 radical (unpaired) electrons. The summed E-state index contributed by atoms with van der Waals surface area (Å²) in [7, 11) is 0. The Morgan fingerprint density at radius 3 is 2.82 bits per heavy atom. The molecule has 2 rings (SSSR count). The Balaban J connectivity index is 2.11. The molecule has 0 aliphatic carbocycles. The van der Waals surface area contributed by atoms with Crippen LogP contribution in [0, 0.1) is 0 Å². The first kappa shape index (κ1) is 12.5. The quantitative estimate of drug-likeness (QED) is 0.840. The number of anilines is 1. The van der Waals surface area contributed by atoms with Crippen LogP contribution >= 0.6 is 39.5 Å². The number of nitrogens with two attached hydrogens (primary N) is 1. The molecule has 2 aromatic rings. The van der Waals surface area contributed by atoms with Crippen molar-refractivity contribution >= 4 is 50.2 Å². The Morgan fingerprint density at radius 1 is 1.41 bits per heavy atom. The van der Waals surface area contributed by atoms with Gasteiger partial charge >= 0.3 is 0 Å². The summed E-state index contributed by atoms with van der Waals surface area (Å²) in [5.74, 6) is 0. The number of hydrogen-bond donors (Lipinski definition) is 2. The normalized spacial score (nSPS) is 10.2. The van der Waals surface area contributed by atoms with Crippen molar-refractivity contribution in [2.45, 2.75) is 6.54 Å². The number of para-hydroxylation sites is 1. The minimum absolute atomic E-state index is 0.417. The summed E-state index contributed by atoms with van der Waals surface area (Å²) in [5, 5.41) is 5.41. The maximum absolute atomic E-state index is 5.67. The van der Waals surface area contributed by atoms with E-state index >= 15 is 0 Å². The van der Waals surface area contributed by atoms with Crippen LogP contribution in [0.2, 0.25) is 0 Å². The molecular weight excluding hydrogens is 316 g/mol. The van der Waals surface area contributed by atoms with Gasteiger partial charge in [-0.15, -0.1) is 11.3 Å². The van der Waals surface area contributed by atoms with Gasteiger partial charge in [0.15, 0.2) is 0 Å². The molecule has 0 atom stereocenters. The number of nitrogens with one attached hydrogen (secondary N) is 1. The number of halogens is 1. The predicted octanol–water partition coefficient (Wildman–Crippen LogP) is 3.76. The highest BCUT2D eigenvalue weighted by Crippen LogP contribution is 2.22. The molecule has 0 unspecified atom stereocenters. The van der Waals surface area contributed by atoms with Crippen LogP contribution in [0.5, 0.6) is 0 Å². The SMILES string of the molecule is NC(=S)c1ccccc1NCc1cc(Br)cs1. The highest BCUT2D eigenvalue weighted by atomic mass is 79.9. The summed E-state index contributed by atoms with van der Waals surface area (Å²) in [6.45, 7) is 0.774. The second kappa shape index (κ2) is 5.62. The molecule has 5 heteroatoms. The molecular formula is C12H11BrN2S2. The summed E-state index contributed by atoms with van der Waals surface area (Å²) < 4.78 is 1.11. The molecule has 1 aromatic carbocycles. The first-order chi connectivity index (χ1) is 8.16. The van der Waals surface area contributed by atoms with Crippen LogP contribution in [0.1, 0.15) is 10.4 Å². The summed E-state index contributed by atoms with van der Waals surface area (Å²) >= 11 is 10.2. The van der Waals surface area contributed by atoms with Crippen LogP contribution in [0.4, 0.5) is 5.69 Å². The number of thiocarbonyl (C=S) groups is 1. The van der Waals surface area contributed by atoms with Crippen molar-refractivity contribution in [3.63, 3.8) is 0 Å². The lowest BCUT2D eigenvalue weighted by molar-refractivity contribution is 1.19. The number of hydrogen-bond acceptors (Lipinski definition) is 3. The van der Waals surface area contributed by atoms with Crippen molar-refractivity contribution in [1.82, 2.24) is 0 Å². The maximum Gasteiger partial charge on any atom is 0.106 e. The molecule has 0 saturated carbocycles. The number of rotatable bonds is 4. The molecule has 0 amide bonds. The topological polar surface area (TPSA) is 38.0 Å². The highest BCUT2D eigenvalue weighted by molar-refractivity contribution is 9.10. The van der Waals surface area contributed by atoms with Crippen molar-refractivity contribution in [2.24, 2.45) is 5.73 Å². The average Bonchev–Trinajstić information content (AvgIpc) is 2.73. The second-order valence-electron chi connectivity index (χ2n) is 3.49. The van der Waals surface area contributed by atoms with Gasteiger partial charge in [-0.1, -0.05) is 24.4 Å². The molecule has 0 bridgehead atoms. The van der Waals surface area contributed by atoms with Gasteiger partial charge in [-0.25, -0.2) is 0 Å². The summed E-state index contributed by atoms with van der Waals surface area (Å²) in [6, 6.07) is 9.91. The molecule has 0 fully saturated rings. The van der Waals surface area contributed by atoms with Gasteiger partial charge in [0.25, 0.3) is 0 Å². The minimum atomic E-state index is 0.417. The minimum Gasteiger partial charge on any atom is -0.389 e. The third kappa shape index (κ3) is 3.28. The summed E-state index contributed by atoms with van der Waals surface area (Å²) in [6.07, 6.45) is 0. The van der Waals surface area contributed by atoms with Gasteiger partial charge in [0.2, 0.25) is 0 Å². The van der Waals surface area contributed by atoms with E-state index in [0.29, 0.717) is 4.99 Å². The molecule has 0 aliphatic heterocycles. The molecule has 2 nitrogen and oxygen atoms in total. The van der Waals surface area contributed by atoms with Gasteiger partial charge < -0.3 is 11.1 Å². The first-order valence-electron chi connectivity index (χ1n) is 5.02.